The second-order valence-corrected chi connectivity index (χ2v) is 4.56. The van der Waals surface area contributed by atoms with Gasteiger partial charge in [-0.25, -0.2) is 0 Å². The van der Waals surface area contributed by atoms with Gasteiger partial charge < -0.3 is 4.74 Å². The molecule has 0 aliphatic carbocycles. The lowest BCUT2D eigenvalue weighted by Crippen LogP contribution is -2.06. The number of aromatic nitrogens is 2. The fraction of sp³-hybridized carbons (Fsp3) is 0.308. The molecule has 0 unspecified atom stereocenters. The average molecular weight is 295 g/mol. The molecule has 0 spiro atoms. The minimum Gasteiger partial charge on any atom is -0.487 e. The van der Waals surface area contributed by atoms with Crippen LogP contribution in [0, 0.1) is 6.92 Å². The van der Waals surface area contributed by atoms with Gasteiger partial charge in [0.15, 0.2) is 0 Å². The van der Waals surface area contributed by atoms with E-state index in [0.717, 1.165) is 28.2 Å². The summed E-state index contributed by atoms with van der Waals surface area (Å²) in [5.74, 6) is 0.876. The first kappa shape index (κ1) is 12.2. The fourth-order valence-electron chi connectivity index (χ4n) is 1.68. The van der Waals surface area contributed by atoms with Crippen molar-refractivity contribution in [2.75, 3.05) is 0 Å². The Hall–Kier alpha value is -1.29. The van der Waals surface area contributed by atoms with Crippen LogP contribution in [0.4, 0.5) is 0 Å². The molecule has 0 atom stereocenters. The van der Waals surface area contributed by atoms with Crippen LogP contribution >= 0.6 is 15.9 Å². The zero-order valence-electron chi connectivity index (χ0n) is 9.98. The van der Waals surface area contributed by atoms with E-state index in [1.165, 1.54) is 0 Å². The third-order valence-corrected chi connectivity index (χ3v) is 3.60. The van der Waals surface area contributed by atoms with Crippen molar-refractivity contribution in [3.63, 3.8) is 0 Å². The van der Waals surface area contributed by atoms with Crippen LogP contribution in [0.2, 0.25) is 0 Å². The first-order valence-electron chi connectivity index (χ1n) is 5.62. The molecule has 0 saturated heterocycles. The molecule has 1 aromatic carbocycles. The van der Waals surface area contributed by atoms with E-state index >= 15 is 0 Å². The van der Waals surface area contributed by atoms with Crippen molar-refractivity contribution in [1.29, 1.82) is 0 Å². The molecule has 0 saturated carbocycles. The van der Waals surface area contributed by atoms with Crippen LogP contribution < -0.4 is 4.74 Å². The molecule has 0 amide bonds. The molecule has 2 aromatic rings. The summed E-state index contributed by atoms with van der Waals surface area (Å²) in [6, 6.07) is 9.81. The van der Waals surface area contributed by atoms with Gasteiger partial charge in [-0.2, -0.15) is 5.10 Å². The van der Waals surface area contributed by atoms with Gasteiger partial charge >= 0.3 is 0 Å². The zero-order chi connectivity index (χ0) is 12.3. The summed E-state index contributed by atoms with van der Waals surface area (Å²) in [6.07, 6.45) is 0. The molecule has 0 radical (unpaired) electrons. The van der Waals surface area contributed by atoms with Crippen LogP contribution in [-0.2, 0) is 13.2 Å². The Morgan fingerprint density at radius 3 is 2.65 bits per heavy atom. The number of benzene rings is 1. The number of para-hydroxylation sites is 1. The van der Waals surface area contributed by atoms with Gasteiger partial charge in [0.25, 0.3) is 0 Å². The molecule has 0 N–H and O–H groups in total. The van der Waals surface area contributed by atoms with Crippen LogP contribution in [0.3, 0.4) is 0 Å². The summed E-state index contributed by atoms with van der Waals surface area (Å²) < 4.78 is 8.74. The van der Waals surface area contributed by atoms with Crippen molar-refractivity contribution >= 4 is 15.9 Å². The van der Waals surface area contributed by atoms with Gasteiger partial charge in [-0.05, 0) is 41.9 Å². The number of ether oxygens (including phenoxy) is 1. The predicted octanol–water partition coefficient (Wildman–Crippen LogP) is 3.55. The van der Waals surface area contributed by atoms with Crippen LogP contribution in [0.1, 0.15) is 18.3 Å². The van der Waals surface area contributed by atoms with Gasteiger partial charge in [0.1, 0.15) is 12.4 Å². The maximum Gasteiger partial charge on any atom is 0.131 e. The first-order chi connectivity index (χ1) is 8.22. The molecule has 1 aromatic heterocycles. The van der Waals surface area contributed by atoms with E-state index in [-0.39, 0.29) is 0 Å². The van der Waals surface area contributed by atoms with Crippen LogP contribution in [0.15, 0.2) is 34.8 Å². The normalized spacial score (nSPS) is 10.5. The molecule has 0 fully saturated rings. The van der Waals surface area contributed by atoms with E-state index in [0.29, 0.717) is 6.61 Å². The summed E-state index contributed by atoms with van der Waals surface area (Å²) >= 11 is 3.55. The summed E-state index contributed by atoms with van der Waals surface area (Å²) in [6.45, 7) is 5.44. The molecule has 1 heterocycles. The summed E-state index contributed by atoms with van der Waals surface area (Å²) in [7, 11) is 0. The van der Waals surface area contributed by atoms with E-state index in [9.17, 15) is 0 Å². The maximum atomic E-state index is 5.74. The number of halogens is 1. The van der Waals surface area contributed by atoms with E-state index in [4.69, 9.17) is 4.74 Å². The second-order valence-electron chi connectivity index (χ2n) is 3.76. The van der Waals surface area contributed by atoms with Crippen molar-refractivity contribution < 1.29 is 4.74 Å². The van der Waals surface area contributed by atoms with Crippen molar-refractivity contribution in [3.8, 4) is 5.75 Å². The Labute approximate surface area is 110 Å². The molecule has 0 bridgehead atoms. The highest BCUT2D eigenvalue weighted by Gasteiger charge is 2.12. The standard InChI is InChI=1S/C13H15BrN2O/c1-3-16-12(13(14)10(2)15-16)9-17-11-7-5-4-6-8-11/h4-8H,3,9H2,1-2H3. The van der Waals surface area contributed by atoms with Crippen LogP contribution in [0.5, 0.6) is 5.75 Å². The molecule has 90 valence electrons. The highest BCUT2D eigenvalue weighted by Crippen LogP contribution is 2.22. The maximum absolute atomic E-state index is 5.74. The zero-order valence-corrected chi connectivity index (χ0v) is 11.6. The largest absolute Gasteiger partial charge is 0.487 e. The topological polar surface area (TPSA) is 27.1 Å². The third-order valence-electron chi connectivity index (χ3n) is 2.57. The number of rotatable bonds is 4. The van der Waals surface area contributed by atoms with E-state index in [1.54, 1.807) is 0 Å². The Bertz CT molecular complexity index is 494. The number of nitrogens with zero attached hydrogens (tertiary/aromatic N) is 2. The van der Waals surface area contributed by atoms with Crippen LogP contribution in [0.25, 0.3) is 0 Å². The molecule has 0 aliphatic rings. The number of aryl methyl sites for hydroxylation is 2. The lowest BCUT2D eigenvalue weighted by Gasteiger charge is -2.08. The van der Waals surface area contributed by atoms with Crippen molar-refractivity contribution in [2.45, 2.75) is 27.0 Å². The average Bonchev–Trinajstić information content (AvgIpc) is 2.64. The van der Waals surface area contributed by atoms with Gasteiger partial charge in [0.05, 0.1) is 15.9 Å². The van der Waals surface area contributed by atoms with Crippen LogP contribution in [-0.4, -0.2) is 9.78 Å². The lowest BCUT2D eigenvalue weighted by atomic mass is 10.3. The molecular formula is C13H15BrN2O. The number of hydrogen-bond acceptors (Lipinski definition) is 2. The molecule has 3 nitrogen and oxygen atoms in total. The molecule has 0 aliphatic heterocycles. The van der Waals surface area contributed by atoms with Gasteiger partial charge in [-0.15, -0.1) is 0 Å². The van der Waals surface area contributed by atoms with Gasteiger partial charge in [-0.3, -0.25) is 4.68 Å². The van der Waals surface area contributed by atoms with Gasteiger partial charge in [-0.1, -0.05) is 18.2 Å². The number of hydrogen-bond donors (Lipinski definition) is 0. The van der Waals surface area contributed by atoms with Gasteiger partial charge in [0, 0.05) is 6.54 Å². The summed E-state index contributed by atoms with van der Waals surface area (Å²) in [4.78, 5) is 0. The summed E-state index contributed by atoms with van der Waals surface area (Å²) in [5, 5.41) is 4.43. The SMILES string of the molecule is CCn1nc(C)c(Br)c1COc1ccccc1. The minimum absolute atomic E-state index is 0.527. The minimum atomic E-state index is 0.527. The second kappa shape index (κ2) is 5.36. The third kappa shape index (κ3) is 2.69. The fourth-order valence-corrected chi connectivity index (χ4v) is 2.07. The lowest BCUT2D eigenvalue weighted by molar-refractivity contribution is 0.291. The quantitative estimate of drug-likeness (QED) is 0.862. The Kier molecular flexibility index (Phi) is 3.84. The molecule has 17 heavy (non-hydrogen) atoms. The van der Waals surface area contributed by atoms with E-state index in [1.807, 2.05) is 41.9 Å². The Morgan fingerprint density at radius 2 is 2.00 bits per heavy atom. The Morgan fingerprint density at radius 1 is 1.29 bits per heavy atom. The van der Waals surface area contributed by atoms with E-state index in [2.05, 4.69) is 28.0 Å². The highest BCUT2D eigenvalue weighted by molar-refractivity contribution is 9.10. The monoisotopic (exact) mass is 294 g/mol. The Balaban J connectivity index is 2.14. The first-order valence-corrected chi connectivity index (χ1v) is 6.41. The van der Waals surface area contributed by atoms with Crippen molar-refractivity contribution in [1.82, 2.24) is 9.78 Å². The predicted molar refractivity (Wildman–Crippen MR) is 71.1 cm³/mol. The van der Waals surface area contributed by atoms with E-state index < -0.39 is 0 Å². The molecule has 4 heteroatoms. The summed E-state index contributed by atoms with van der Waals surface area (Å²) in [5.41, 5.74) is 2.08. The highest BCUT2D eigenvalue weighted by atomic mass is 79.9. The molecule has 2 rings (SSSR count). The van der Waals surface area contributed by atoms with Crippen molar-refractivity contribution in [2.24, 2.45) is 0 Å². The molecular weight excluding hydrogens is 280 g/mol. The van der Waals surface area contributed by atoms with Crippen molar-refractivity contribution in [3.05, 3.63) is 46.2 Å². The van der Waals surface area contributed by atoms with Gasteiger partial charge in [0.2, 0.25) is 0 Å². The smallest absolute Gasteiger partial charge is 0.131 e.